The van der Waals surface area contributed by atoms with Crippen LogP contribution in [0, 0.1) is 0 Å². The van der Waals surface area contributed by atoms with Crippen LogP contribution in [0.2, 0.25) is 0 Å². The van der Waals surface area contributed by atoms with E-state index in [1.807, 2.05) is 28.9 Å². The van der Waals surface area contributed by atoms with Gasteiger partial charge in [-0.15, -0.1) is 0 Å². The van der Waals surface area contributed by atoms with E-state index in [-0.39, 0.29) is 6.61 Å². The first-order valence-corrected chi connectivity index (χ1v) is 6.48. The van der Waals surface area contributed by atoms with E-state index >= 15 is 0 Å². The number of hydrogen-bond donors (Lipinski definition) is 1. The molecule has 1 N–H and O–H groups in total. The molecular weight excluding hydrogens is 280 g/mol. The lowest BCUT2D eigenvalue weighted by Gasteiger charge is -2.08. The second-order valence-corrected chi connectivity index (χ2v) is 4.83. The average molecular weight is 295 g/mol. The van der Waals surface area contributed by atoms with Crippen molar-refractivity contribution in [2.75, 3.05) is 0 Å². The van der Waals surface area contributed by atoms with Crippen molar-refractivity contribution in [3.63, 3.8) is 0 Å². The van der Waals surface area contributed by atoms with E-state index in [1.165, 1.54) is 0 Å². The van der Waals surface area contributed by atoms with Crippen molar-refractivity contribution >= 4 is 15.9 Å². The summed E-state index contributed by atoms with van der Waals surface area (Å²) in [5, 5.41) is 13.7. The number of nitrogens with zero attached hydrogens (tertiary/aromatic N) is 2. The summed E-state index contributed by atoms with van der Waals surface area (Å²) < 4.78 is 2.93. The van der Waals surface area contributed by atoms with Gasteiger partial charge in [-0.1, -0.05) is 35.3 Å². The summed E-state index contributed by atoms with van der Waals surface area (Å²) in [4.78, 5) is 0. The normalized spacial score (nSPS) is 10.8. The standard InChI is InChI=1S/C13H15BrN2O/c1-2-4-13-10(9-17)8-15-16(13)12-6-3-5-11(14)7-12/h3,5-8,17H,2,4,9H2,1H3. The zero-order valence-electron chi connectivity index (χ0n) is 9.73. The number of hydrogen-bond acceptors (Lipinski definition) is 2. The van der Waals surface area contributed by atoms with Gasteiger partial charge in [-0.05, 0) is 24.6 Å². The minimum atomic E-state index is 0.0450. The van der Waals surface area contributed by atoms with E-state index in [2.05, 4.69) is 28.0 Å². The molecule has 0 bridgehead atoms. The summed E-state index contributed by atoms with van der Waals surface area (Å²) in [6.45, 7) is 2.17. The molecule has 0 spiro atoms. The van der Waals surface area contributed by atoms with Gasteiger partial charge in [0.25, 0.3) is 0 Å². The van der Waals surface area contributed by atoms with Crippen LogP contribution in [-0.4, -0.2) is 14.9 Å². The zero-order chi connectivity index (χ0) is 12.3. The van der Waals surface area contributed by atoms with Gasteiger partial charge in [0.15, 0.2) is 0 Å². The number of rotatable bonds is 4. The van der Waals surface area contributed by atoms with Gasteiger partial charge in [0.2, 0.25) is 0 Å². The lowest BCUT2D eigenvalue weighted by atomic mass is 10.1. The Balaban J connectivity index is 2.47. The molecule has 0 radical (unpaired) electrons. The van der Waals surface area contributed by atoms with Gasteiger partial charge >= 0.3 is 0 Å². The molecule has 0 atom stereocenters. The number of benzene rings is 1. The molecule has 0 amide bonds. The molecule has 2 aromatic rings. The van der Waals surface area contributed by atoms with Crippen LogP contribution in [-0.2, 0) is 13.0 Å². The first kappa shape index (κ1) is 12.3. The molecule has 4 heteroatoms. The van der Waals surface area contributed by atoms with Gasteiger partial charge < -0.3 is 5.11 Å². The molecule has 0 saturated heterocycles. The van der Waals surface area contributed by atoms with Crippen LogP contribution >= 0.6 is 15.9 Å². The largest absolute Gasteiger partial charge is 0.392 e. The monoisotopic (exact) mass is 294 g/mol. The molecule has 0 aliphatic rings. The highest BCUT2D eigenvalue weighted by molar-refractivity contribution is 9.10. The molecule has 2 rings (SSSR count). The van der Waals surface area contributed by atoms with Crippen LogP contribution in [0.4, 0.5) is 0 Å². The predicted molar refractivity (Wildman–Crippen MR) is 71.2 cm³/mol. The molecule has 0 aliphatic carbocycles. The minimum Gasteiger partial charge on any atom is -0.392 e. The Bertz CT molecular complexity index is 508. The lowest BCUT2D eigenvalue weighted by molar-refractivity contribution is 0.280. The highest BCUT2D eigenvalue weighted by Crippen LogP contribution is 2.19. The molecule has 0 aliphatic heterocycles. The lowest BCUT2D eigenvalue weighted by Crippen LogP contribution is -2.03. The molecule has 1 aromatic heterocycles. The van der Waals surface area contributed by atoms with Gasteiger partial charge in [0, 0.05) is 15.7 Å². The molecule has 0 saturated carbocycles. The highest BCUT2D eigenvalue weighted by Gasteiger charge is 2.10. The van der Waals surface area contributed by atoms with E-state index in [4.69, 9.17) is 0 Å². The van der Waals surface area contributed by atoms with Crippen molar-refractivity contribution in [1.82, 2.24) is 9.78 Å². The van der Waals surface area contributed by atoms with Gasteiger partial charge in [-0.3, -0.25) is 0 Å². The second-order valence-electron chi connectivity index (χ2n) is 3.92. The Kier molecular flexibility index (Phi) is 3.97. The van der Waals surface area contributed by atoms with Crippen molar-refractivity contribution in [1.29, 1.82) is 0 Å². The average Bonchev–Trinajstić information content (AvgIpc) is 2.72. The van der Waals surface area contributed by atoms with Crippen molar-refractivity contribution in [2.45, 2.75) is 26.4 Å². The maximum Gasteiger partial charge on any atom is 0.0715 e. The summed E-state index contributed by atoms with van der Waals surface area (Å²) in [7, 11) is 0. The maximum atomic E-state index is 9.30. The van der Waals surface area contributed by atoms with Crippen molar-refractivity contribution < 1.29 is 5.11 Å². The van der Waals surface area contributed by atoms with Crippen LogP contribution in [0.1, 0.15) is 24.6 Å². The summed E-state index contributed by atoms with van der Waals surface area (Å²) in [5.74, 6) is 0. The third-order valence-electron chi connectivity index (χ3n) is 2.67. The van der Waals surface area contributed by atoms with Gasteiger partial charge in [0.05, 0.1) is 18.5 Å². The quantitative estimate of drug-likeness (QED) is 0.941. The molecule has 3 nitrogen and oxygen atoms in total. The van der Waals surface area contributed by atoms with Crippen LogP contribution in [0.25, 0.3) is 5.69 Å². The van der Waals surface area contributed by atoms with Crippen molar-refractivity contribution in [3.8, 4) is 5.69 Å². The predicted octanol–water partition coefficient (Wildman–Crippen LogP) is 3.08. The first-order valence-electron chi connectivity index (χ1n) is 5.68. The maximum absolute atomic E-state index is 9.30. The van der Waals surface area contributed by atoms with E-state index in [0.29, 0.717) is 0 Å². The van der Waals surface area contributed by atoms with Crippen LogP contribution in [0.5, 0.6) is 0 Å². The molecule has 0 fully saturated rings. The third kappa shape index (κ3) is 2.58. The first-order chi connectivity index (χ1) is 8.26. The summed E-state index contributed by atoms with van der Waals surface area (Å²) in [6.07, 6.45) is 3.70. The number of aliphatic hydroxyl groups excluding tert-OH is 1. The number of aliphatic hydroxyl groups is 1. The molecule has 90 valence electrons. The van der Waals surface area contributed by atoms with E-state index in [1.54, 1.807) is 6.20 Å². The fraction of sp³-hybridized carbons (Fsp3) is 0.308. The topological polar surface area (TPSA) is 38.1 Å². The van der Waals surface area contributed by atoms with Crippen LogP contribution in [0.15, 0.2) is 34.9 Å². The molecular formula is C13H15BrN2O. The van der Waals surface area contributed by atoms with E-state index in [0.717, 1.165) is 34.3 Å². The fourth-order valence-corrected chi connectivity index (χ4v) is 2.26. The van der Waals surface area contributed by atoms with Gasteiger partial charge in [0.1, 0.15) is 0 Å². The third-order valence-corrected chi connectivity index (χ3v) is 3.16. The number of halogens is 1. The molecule has 17 heavy (non-hydrogen) atoms. The smallest absolute Gasteiger partial charge is 0.0715 e. The Morgan fingerprint density at radius 3 is 2.88 bits per heavy atom. The molecule has 1 heterocycles. The van der Waals surface area contributed by atoms with Gasteiger partial charge in [-0.25, -0.2) is 4.68 Å². The Morgan fingerprint density at radius 1 is 1.41 bits per heavy atom. The Labute approximate surface area is 109 Å². The van der Waals surface area contributed by atoms with Crippen molar-refractivity contribution in [3.05, 3.63) is 46.2 Å². The zero-order valence-corrected chi connectivity index (χ0v) is 11.3. The SMILES string of the molecule is CCCc1c(CO)cnn1-c1cccc(Br)c1. The van der Waals surface area contributed by atoms with E-state index < -0.39 is 0 Å². The van der Waals surface area contributed by atoms with Crippen LogP contribution < -0.4 is 0 Å². The fourth-order valence-electron chi connectivity index (χ4n) is 1.87. The van der Waals surface area contributed by atoms with Crippen LogP contribution in [0.3, 0.4) is 0 Å². The highest BCUT2D eigenvalue weighted by atomic mass is 79.9. The van der Waals surface area contributed by atoms with E-state index in [9.17, 15) is 5.11 Å². The second kappa shape index (κ2) is 5.47. The minimum absolute atomic E-state index is 0.0450. The number of aromatic nitrogens is 2. The Hall–Kier alpha value is -1.13. The molecule has 0 unspecified atom stereocenters. The van der Waals surface area contributed by atoms with Gasteiger partial charge in [-0.2, -0.15) is 5.10 Å². The summed E-state index contributed by atoms with van der Waals surface area (Å²) in [6, 6.07) is 8.00. The molecule has 1 aromatic carbocycles. The summed E-state index contributed by atoms with van der Waals surface area (Å²) >= 11 is 3.46. The Morgan fingerprint density at radius 2 is 2.24 bits per heavy atom. The van der Waals surface area contributed by atoms with Crippen molar-refractivity contribution in [2.24, 2.45) is 0 Å². The summed E-state index contributed by atoms with van der Waals surface area (Å²) in [5.41, 5.74) is 3.02.